The van der Waals surface area contributed by atoms with E-state index in [1.165, 1.54) is 22.8 Å². The standard InChI is InChI=1S/C15H17N3O3S/c1-10-9-22-15(18(10)11(2)19)17-16-8-12-5-6-13(20-3)14(7-12)21-4/h5-9H,1-4H3/b16-8+,17-15+. The van der Waals surface area contributed by atoms with Gasteiger partial charge in [-0.2, -0.15) is 5.10 Å². The van der Waals surface area contributed by atoms with Crippen LogP contribution in [0.25, 0.3) is 0 Å². The Balaban J connectivity index is 2.30. The number of carbonyl (C=O) groups excluding carboxylic acids is 1. The van der Waals surface area contributed by atoms with Crippen LogP contribution in [0.1, 0.15) is 23.0 Å². The van der Waals surface area contributed by atoms with Crippen LogP contribution in [0.15, 0.2) is 33.8 Å². The van der Waals surface area contributed by atoms with Crippen molar-refractivity contribution in [1.29, 1.82) is 0 Å². The molecule has 2 rings (SSSR count). The molecule has 0 aliphatic carbocycles. The molecule has 0 radical (unpaired) electrons. The SMILES string of the molecule is COc1ccc(/C=N/N=c2/scc(C)n2C(C)=O)cc1OC. The zero-order valence-electron chi connectivity index (χ0n) is 12.9. The predicted molar refractivity (Wildman–Crippen MR) is 86.0 cm³/mol. The second-order valence-electron chi connectivity index (χ2n) is 4.47. The lowest BCUT2D eigenvalue weighted by Gasteiger charge is -2.07. The maximum Gasteiger partial charge on any atom is 0.230 e. The van der Waals surface area contributed by atoms with E-state index >= 15 is 0 Å². The van der Waals surface area contributed by atoms with Gasteiger partial charge >= 0.3 is 0 Å². The van der Waals surface area contributed by atoms with Gasteiger partial charge in [-0.05, 0) is 30.7 Å². The largest absolute Gasteiger partial charge is 0.493 e. The maximum absolute atomic E-state index is 11.6. The summed E-state index contributed by atoms with van der Waals surface area (Å²) in [5.41, 5.74) is 1.67. The minimum absolute atomic E-state index is 0.0844. The Labute approximate surface area is 132 Å². The number of hydrogen-bond donors (Lipinski definition) is 0. The first-order chi connectivity index (χ1) is 10.6. The molecular weight excluding hydrogens is 302 g/mol. The van der Waals surface area contributed by atoms with Gasteiger partial charge in [-0.3, -0.25) is 9.36 Å². The van der Waals surface area contributed by atoms with E-state index in [-0.39, 0.29) is 5.91 Å². The van der Waals surface area contributed by atoms with Crippen molar-refractivity contribution in [1.82, 2.24) is 4.57 Å². The number of rotatable bonds is 4. The first-order valence-corrected chi connectivity index (χ1v) is 7.42. The number of aryl methyl sites for hydroxylation is 1. The van der Waals surface area contributed by atoms with Gasteiger partial charge in [-0.1, -0.05) is 0 Å². The summed E-state index contributed by atoms with van der Waals surface area (Å²) in [6, 6.07) is 5.45. The van der Waals surface area contributed by atoms with Crippen molar-refractivity contribution in [2.24, 2.45) is 10.2 Å². The molecule has 0 spiro atoms. The fraction of sp³-hybridized carbons (Fsp3) is 0.267. The molecule has 1 aromatic heterocycles. The highest BCUT2D eigenvalue weighted by molar-refractivity contribution is 7.07. The van der Waals surface area contributed by atoms with Crippen molar-refractivity contribution < 1.29 is 14.3 Å². The van der Waals surface area contributed by atoms with E-state index in [2.05, 4.69) is 10.2 Å². The smallest absolute Gasteiger partial charge is 0.230 e. The molecule has 0 saturated heterocycles. The number of hydrogen-bond acceptors (Lipinski definition) is 6. The molecule has 0 aliphatic heterocycles. The van der Waals surface area contributed by atoms with E-state index in [9.17, 15) is 4.79 Å². The van der Waals surface area contributed by atoms with Gasteiger partial charge in [0.1, 0.15) is 0 Å². The van der Waals surface area contributed by atoms with Crippen molar-refractivity contribution >= 4 is 23.5 Å². The summed E-state index contributed by atoms with van der Waals surface area (Å²) in [6.07, 6.45) is 1.60. The lowest BCUT2D eigenvalue weighted by Crippen LogP contribution is -2.21. The molecule has 0 N–H and O–H groups in total. The Kier molecular flexibility index (Phi) is 5.11. The molecule has 0 unspecified atom stereocenters. The Bertz CT molecular complexity index is 775. The van der Waals surface area contributed by atoms with Gasteiger partial charge in [-0.15, -0.1) is 16.4 Å². The number of aromatic nitrogens is 1. The topological polar surface area (TPSA) is 65.2 Å². The number of carbonyl (C=O) groups is 1. The number of ether oxygens (including phenoxy) is 2. The molecule has 0 saturated carbocycles. The fourth-order valence-electron chi connectivity index (χ4n) is 1.92. The van der Waals surface area contributed by atoms with E-state index in [1.54, 1.807) is 32.6 Å². The molecule has 6 nitrogen and oxygen atoms in total. The minimum Gasteiger partial charge on any atom is -0.493 e. The maximum atomic E-state index is 11.6. The molecule has 0 aliphatic rings. The van der Waals surface area contributed by atoms with Crippen molar-refractivity contribution in [3.63, 3.8) is 0 Å². The van der Waals surface area contributed by atoms with Gasteiger partial charge < -0.3 is 9.47 Å². The van der Waals surface area contributed by atoms with Gasteiger partial charge in [0.15, 0.2) is 11.5 Å². The van der Waals surface area contributed by atoms with Crippen LogP contribution in [0.3, 0.4) is 0 Å². The summed E-state index contributed by atoms with van der Waals surface area (Å²) >= 11 is 1.37. The van der Waals surface area contributed by atoms with E-state index in [4.69, 9.17) is 9.47 Å². The zero-order valence-corrected chi connectivity index (χ0v) is 13.7. The second kappa shape index (κ2) is 7.04. The monoisotopic (exact) mass is 319 g/mol. The van der Waals surface area contributed by atoms with Crippen molar-refractivity contribution in [2.45, 2.75) is 13.8 Å². The molecule has 1 aromatic carbocycles. The lowest BCUT2D eigenvalue weighted by atomic mass is 10.2. The van der Waals surface area contributed by atoms with Crippen LogP contribution in [0.2, 0.25) is 0 Å². The third kappa shape index (κ3) is 3.43. The highest BCUT2D eigenvalue weighted by Gasteiger charge is 2.05. The van der Waals surface area contributed by atoms with E-state index in [0.29, 0.717) is 16.3 Å². The summed E-state index contributed by atoms with van der Waals surface area (Å²) in [4.78, 5) is 12.1. The number of benzene rings is 1. The third-order valence-electron chi connectivity index (χ3n) is 2.95. The first-order valence-electron chi connectivity index (χ1n) is 6.54. The second-order valence-corrected chi connectivity index (χ2v) is 5.31. The Hall–Kier alpha value is -2.41. The highest BCUT2D eigenvalue weighted by Crippen LogP contribution is 2.26. The van der Waals surface area contributed by atoms with Gasteiger partial charge in [0, 0.05) is 18.0 Å². The van der Waals surface area contributed by atoms with Gasteiger partial charge in [0.25, 0.3) is 0 Å². The average molecular weight is 319 g/mol. The number of methoxy groups -OCH3 is 2. The van der Waals surface area contributed by atoms with Crippen molar-refractivity contribution in [2.75, 3.05) is 14.2 Å². The first kappa shape index (κ1) is 16.0. The molecule has 116 valence electrons. The Morgan fingerprint density at radius 3 is 2.64 bits per heavy atom. The average Bonchev–Trinajstić information content (AvgIpc) is 2.88. The quantitative estimate of drug-likeness (QED) is 0.642. The van der Waals surface area contributed by atoms with E-state index in [0.717, 1.165) is 11.3 Å². The molecule has 2 aromatic rings. The highest BCUT2D eigenvalue weighted by atomic mass is 32.1. The van der Waals surface area contributed by atoms with Gasteiger partial charge in [0.05, 0.1) is 20.4 Å². The lowest BCUT2D eigenvalue weighted by molar-refractivity contribution is 0.0931. The summed E-state index contributed by atoms with van der Waals surface area (Å²) in [5.74, 6) is 1.19. The molecule has 7 heteroatoms. The summed E-state index contributed by atoms with van der Waals surface area (Å²) in [6.45, 7) is 3.35. The van der Waals surface area contributed by atoms with E-state index in [1.807, 2.05) is 18.4 Å². The normalized spacial score (nSPS) is 11.9. The van der Waals surface area contributed by atoms with Crippen molar-refractivity contribution in [3.8, 4) is 11.5 Å². The van der Waals surface area contributed by atoms with Crippen LogP contribution in [0.4, 0.5) is 0 Å². The Morgan fingerprint density at radius 2 is 2.00 bits per heavy atom. The summed E-state index contributed by atoms with van der Waals surface area (Å²) in [7, 11) is 3.16. The Morgan fingerprint density at radius 1 is 1.27 bits per heavy atom. The summed E-state index contributed by atoms with van der Waals surface area (Å²) in [5, 5.41) is 10.0. The summed E-state index contributed by atoms with van der Waals surface area (Å²) < 4.78 is 11.9. The molecule has 0 fully saturated rings. The molecular formula is C15H17N3O3S. The molecule has 0 bridgehead atoms. The number of nitrogens with zero attached hydrogens (tertiary/aromatic N) is 3. The van der Waals surface area contributed by atoms with Crippen LogP contribution in [-0.4, -0.2) is 30.9 Å². The van der Waals surface area contributed by atoms with Crippen molar-refractivity contribution in [3.05, 3.63) is 39.6 Å². The predicted octanol–water partition coefficient (Wildman–Crippen LogP) is 2.47. The van der Waals surface area contributed by atoms with E-state index < -0.39 is 0 Å². The van der Waals surface area contributed by atoms with Crippen LogP contribution < -0.4 is 14.3 Å². The van der Waals surface area contributed by atoms with Crippen LogP contribution in [0, 0.1) is 6.92 Å². The van der Waals surface area contributed by atoms with Crippen LogP contribution in [0.5, 0.6) is 11.5 Å². The van der Waals surface area contributed by atoms with Gasteiger partial charge in [0.2, 0.25) is 10.7 Å². The third-order valence-corrected chi connectivity index (χ3v) is 3.89. The minimum atomic E-state index is -0.0844. The molecule has 1 heterocycles. The molecule has 0 atom stereocenters. The van der Waals surface area contributed by atoms with Gasteiger partial charge in [-0.25, -0.2) is 0 Å². The van der Waals surface area contributed by atoms with Crippen LogP contribution in [-0.2, 0) is 0 Å². The molecule has 22 heavy (non-hydrogen) atoms. The molecule has 0 amide bonds. The zero-order chi connectivity index (χ0) is 16.1. The fourth-order valence-corrected chi connectivity index (χ4v) is 2.78. The number of thiazole rings is 1. The van der Waals surface area contributed by atoms with Crippen LogP contribution >= 0.6 is 11.3 Å².